The lowest BCUT2D eigenvalue weighted by molar-refractivity contribution is 0.0628. The zero-order valence-corrected chi connectivity index (χ0v) is 10.2. The average molecular weight is 229 g/mol. The van der Waals surface area contributed by atoms with Crippen LogP contribution in [0.15, 0.2) is 12.1 Å². The van der Waals surface area contributed by atoms with Crippen LogP contribution in [0.5, 0.6) is 0 Å². The molecule has 1 N–H and O–H groups in total. The van der Waals surface area contributed by atoms with Gasteiger partial charge in [0.15, 0.2) is 0 Å². The highest BCUT2D eigenvalue weighted by Crippen LogP contribution is 2.16. The maximum atomic E-state index is 5.44. The maximum Gasteiger partial charge on any atom is 0.0810 e. The van der Waals surface area contributed by atoms with Gasteiger partial charge in [-0.1, -0.05) is 6.92 Å². The summed E-state index contributed by atoms with van der Waals surface area (Å²) in [5.74, 6) is 0. The third-order valence-corrected chi connectivity index (χ3v) is 3.00. The summed E-state index contributed by atoms with van der Waals surface area (Å²) in [6.07, 6.45) is 0. The number of rotatable bonds is 8. The molecular formula is C11H19NO2S. The molecule has 0 aliphatic rings. The first-order valence-electron chi connectivity index (χ1n) is 5.21. The lowest BCUT2D eigenvalue weighted by atomic mass is 10.4. The highest BCUT2D eigenvalue weighted by Gasteiger charge is 1.99. The van der Waals surface area contributed by atoms with E-state index >= 15 is 0 Å². The highest BCUT2D eigenvalue weighted by atomic mass is 32.1. The van der Waals surface area contributed by atoms with E-state index in [1.54, 1.807) is 18.4 Å². The summed E-state index contributed by atoms with van der Waals surface area (Å²) < 4.78 is 10.3. The Kier molecular flexibility index (Phi) is 6.59. The van der Waals surface area contributed by atoms with Gasteiger partial charge in [0, 0.05) is 23.4 Å². The van der Waals surface area contributed by atoms with Crippen LogP contribution < -0.4 is 5.32 Å². The van der Waals surface area contributed by atoms with Gasteiger partial charge >= 0.3 is 0 Å². The van der Waals surface area contributed by atoms with Crippen molar-refractivity contribution in [2.75, 3.05) is 26.9 Å². The second kappa shape index (κ2) is 7.82. The second-order valence-electron chi connectivity index (χ2n) is 3.19. The third-order valence-electron chi connectivity index (χ3n) is 1.94. The molecule has 0 bridgehead atoms. The smallest absolute Gasteiger partial charge is 0.0810 e. The van der Waals surface area contributed by atoms with E-state index in [2.05, 4.69) is 24.4 Å². The molecule has 0 radical (unpaired) electrons. The average Bonchev–Trinajstić information content (AvgIpc) is 2.69. The minimum atomic E-state index is 0.662. The van der Waals surface area contributed by atoms with E-state index in [0.29, 0.717) is 19.8 Å². The molecule has 1 heterocycles. The molecule has 0 aromatic carbocycles. The van der Waals surface area contributed by atoms with Gasteiger partial charge in [-0.05, 0) is 18.7 Å². The molecule has 0 aliphatic carbocycles. The van der Waals surface area contributed by atoms with Crippen molar-refractivity contribution < 1.29 is 9.47 Å². The highest BCUT2D eigenvalue weighted by molar-refractivity contribution is 7.11. The molecule has 0 saturated carbocycles. The van der Waals surface area contributed by atoms with Gasteiger partial charge in [0.25, 0.3) is 0 Å². The van der Waals surface area contributed by atoms with E-state index in [-0.39, 0.29) is 0 Å². The summed E-state index contributed by atoms with van der Waals surface area (Å²) in [5.41, 5.74) is 0. The Hall–Kier alpha value is -0.420. The van der Waals surface area contributed by atoms with Crippen molar-refractivity contribution in [3.05, 3.63) is 21.9 Å². The minimum Gasteiger partial charge on any atom is -0.382 e. The molecule has 0 unspecified atom stereocenters. The van der Waals surface area contributed by atoms with E-state index in [4.69, 9.17) is 9.47 Å². The molecule has 0 atom stereocenters. The van der Waals surface area contributed by atoms with E-state index in [0.717, 1.165) is 13.1 Å². The summed E-state index contributed by atoms with van der Waals surface area (Å²) in [4.78, 5) is 2.64. The topological polar surface area (TPSA) is 30.5 Å². The zero-order chi connectivity index (χ0) is 10.9. The SMILES string of the molecule is CCNCc1ccc(COCCOC)s1. The molecule has 0 aliphatic heterocycles. The van der Waals surface area contributed by atoms with Crippen LogP contribution in [-0.2, 0) is 22.6 Å². The fraction of sp³-hybridized carbons (Fsp3) is 0.636. The Morgan fingerprint density at radius 1 is 1.27 bits per heavy atom. The lowest BCUT2D eigenvalue weighted by Gasteiger charge is -2.00. The van der Waals surface area contributed by atoms with Crippen LogP contribution in [0.3, 0.4) is 0 Å². The fourth-order valence-electron chi connectivity index (χ4n) is 1.16. The molecule has 15 heavy (non-hydrogen) atoms. The summed E-state index contributed by atoms with van der Waals surface area (Å²) in [7, 11) is 1.68. The third kappa shape index (κ3) is 5.28. The van der Waals surface area contributed by atoms with Crippen molar-refractivity contribution in [2.45, 2.75) is 20.1 Å². The Bertz CT molecular complexity index is 263. The number of thiophene rings is 1. The van der Waals surface area contributed by atoms with Crippen molar-refractivity contribution in [1.29, 1.82) is 0 Å². The Balaban J connectivity index is 2.20. The first kappa shape index (κ1) is 12.6. The fourth-order valence-corrected chi connectivity index (χ4v) is 2.08. The van der Waals surface area contributed by atoms with Crippen LogP contribution in [0.2, 0.25) is 0 Å². The van der Waals surface area contributed by atoms with Crippen LogP contribution in [0.25, 0.3) is 0 Å². The van der Waals surface area contributed by atoms with Gasteiger partial charge in [-0.2, -0.15) is 0 Å². The maximum absolute atomic E-state index is 5.44. The van der Waals surface area contributed by atoms with Gasteiger partial charge in [0.05, 0.1) is 19.8 Å². The summed E-state index contributed by atoms with van der Waals surface area (Å²) in [6.45, 7) is 6.10. The van der Waals surface area contributed by atoms with Gasteiger partial charge in [-0.3, -0.25) is 0 Å². The van der Waals surface area contributed by atoms with E-state index in [9.17, 15) is 0 Å². The molecule has 0 spiro atoms. The van der Waals surface area contributed by atoms with Crippen LogP contribution in [-0.4, -0.2) is 26.9 Å². The van der Waals surface area contributed by atoms with Crippen molar-refractivity contribution in [3.8, 4) is 0 Å². The van der Waals surface area contributed by atoms with Crippen molar-refractivity contribution >= 4 is 11.3 Å². The minimum absolute atomic E-state index is 0.662. The van der Waals surface area contributed by atoms with E-state index in [1.165, 1.54) is 9.75 Å². The van der Waals surface area contributed by atoms with Gasteiger partial charge in [0.2, 0.25) is 0 Å². The van der Waals surface area contributed by atoms with E-state index < -0.39 is 0 Å². The number of methoxy groups -OCH3 is 1. The molecule has 3 nitrogen and oxygen atoms in total. The van der Waals surface area contributed by atoms with Crippen LogP contribution in [0, 0.1) is 0 Å². The molecule has 1 rings (SSSR count). The van der Waals surface area contributed by atoms with Gasteiger partial charge < -0.3 is 14.8 Å². The Morgan fingerprint density at radius 2 is 2.07 bits per heavy atom. The number of nitrogens with one attached hydrogen (secondary N) is 1. The molecule has 1 aromatic rings. The zero-order valence-electron chi connectivity index (χ0n) is 9.41. The monoisotopic (exact) mass is 229 g/mol. The lowest BCUT2D eigenvalue weighted by Crippen LogP contribution is -2.10. The molecule has 0 fully saturated rings. The molecule has 4 heteroatoms. The number of hydrogen-bond acceptors (Lipinski definition) is 4. The van der Waals surface area contributed by atoms with E-state index in [1.807, 2.05) is 0 Å². The molecule has 0 saturated heterocycles. The first-order chi connectivity index (χ1) is 7.36. The van der Waals surface area contributed by atoms with Gasteiger partial charge in [-0.25, -0.2) is 0 Å². The quantitative estimate of drug-likeness (QED) is 0.692. The van der Waals surface area contributed by atoms with Crippen LogP contribution >= 0.6 is 11.3 Å². The van der Waals surface area contributed by atoms with Crippen LogP contribution in [0.1, 0.15) is 16.7 Å². The normalized spacial score (nSPS) is 10.8. The summed E-state index contributed by atoms with van der Waals surface area (Å²) in [6, 6.07) is 4.28. The number of hydrogen-bond donors (Lipinski definition) is 1. The Labute approximate surface area is 95.4 Å². The van der Waals surface area contributed by atoms with Crippen molar-refractivity contribution in [2.24, 2.45) is 0 Å². The van der Waals surface area contributed by atoms with Crippen LogP contribution in [0.4, 0.5) is 0 Å². The van der Waals surface area contributed by atoms with Crippen molar-refractivity contribution in [3.63, 3.8) is 0 Å². The number of ether oxygens (including phenoxy) is 2. The molecule has 86 valence electrons. The summed E-state index contributed by atoms with van der Waals surface area (Å²) in [5, 5.41) is 3.30. The second-order valence-corrected chi connectivity index (χ2v) is 4.45. The molecule has 1 aromatic heterocycles. The van der Waals surface area contributed by atoms with Gasteiger partial charge in [-0.15, -0.1) is 11.3 Å². The summed E-state index contributed by atoms with van der Waals surface area (Å²) >= 11 is 1.80. The predicted molar refractivity (Wildman–Crippen MR) is 63.2 cm³/mol. The largest absolute Gasteiger partial charge is 0.382 e. The van der Waals surface area contributed by atoms with Crippen molar-refractivity contribution in [1.82, 2.24) is 5.32 Å². The van der Waals surface area contributed by atoms with Gasteiger partial charge in [0.1, 0.15) is 0 Å². The molecular weight excluding hydrogens is 210 g/mol. The predicted octanol–water partition coefficient (Wildman–Crippen LogP) is 2.02. The Morgan fingerprint density at radius 3 is 2.80 bits per heavy atom. The standard InChI is InChI=1S/C11H19NO2S/c1-3-12-8-10-4-5-11(15-10)9-14-7-6-13-2/h4-5,12H,3,6-9H2,1-2H3. The molecule has 0 amide bonds. The first-order valence-corrected chi connectivity index (χ1v) is 6.03.